The molecule has 1 saturated heterocycles. The van der Waals surface area contributed by atoms with Gasteiger partial charge in [-0.05, 0) is 60.7 Å². The number of aromatic hydroxyl groups is 1. The zero-order valence-corrected chi connectivity index (χ0v) is 14.3. The Hall–Kier alpha value is -1.91. The average Bonchev–Trinajstić information content (AvgIpc) is 2.86. The summed E-state index contributed by atoms with van der Waals surface area (Å²) < 4.78 is 0. The standard InChI is InChI=1S/C18H16Cl2N2O2/c19-15-5-1-11(9-16(15)20)21-18(24)22-12-2-6-17(22)14-4-3-13(23)8-10(14)7-12/h1,3-5,8-9,12,17,23H,2,6-7H2,(H,21,24)/t12-,17+/m0/s1. The van der Waals surface area contributed by atoms with E-state index >= 15 is 0 Å². The molecule has 124 valence electrons. The van der Waals surface area contributed by atoms with Crippen molar-refractivity contribution in [1.29, 1.82) is 0 Å². The van der Waals surface area contributed by atoms with Crippen molar-refractivity contribution < 1.29 is 9.90 Å². The van der Waals surface area contributed by atoms with E-state index in [1.54, 1.807) is 24.3 Å². The lowest BCUT2D eigenvalue weighted by Crippen LogP contribution is -2.44. The molecule has 1 fully saturated rings. The topological polar surface area (TPSA) is 52.6 Å². The molecule has 2 bridgehead atoms. The summed E-state index contributed by atoms with van der Waals surface area (Å²) in [5.74, 6) is 0.279. The van der Waals surface area contributed by atoms with Crippen molar-refractivity contribution in [3.05, 3.63) is 57.6 Å². The molecule has 4 rings (SSSR count). The Morgan fingerprint density at radius 3 is 2.75 bits per heavy atom. The Bertz CT molecular complexity index is 825. The van der Waals surface area contributed by atoms with Crippen LogP contribution in [0.5, 0.6) is 5.75 Å². The molecule has 2 aromatic carbocycles. The first-order chi connectivity index (χ1) is 11.5. The maximum absolute atomic E-state index is 12.8. The normalized spacial score (nSPS) is 21.5. The van der Waals surface area contributed by atoms with Crippen LogP contribution in [0.15, 0.2) is 36.4 Å². The summed E-state index contributed by atoms with van der Waals surface area (Å²) in [6.45, 7) is 0. The molecule has 2 heterocycles. The first-order valence-corrected chi connectivity index (χ1v) is 8.64. The van der Waals surface area contributed by atoms with Gasteiger partial charge in [0.2, 0.25) is 0 Å². The number of urea groups is 1. The van der Waals surface area contributed by atoms with Gasteiger partial charge in [0.1, 0.15) is 5.75 Å². The van der Waals surface area contributed by atoms with Crippen LogP contribution in [0.3, 0.4) is 0 Å². The third kappa shape index (κ3) is 2.60. The number of phenols is 1. The Morgan fingerprint density at radius 1 is 1.12 bits per heavy atom. The molecule has 2 atom stereocenters. The highest BCUT2D eigenvalue weighted by molar-refractivity contribution is 6.42. The van der Waals surface area contributed by atoms with Crippen LogP contribution in [0.1, 0.15) is 30.0 Å². The van der Waals surface area contributed by atoms with E-state index in [2.05, 4.69) is 5.32 Å². The van der Waals surface area contributed by atoms with E-state index in [0.29, 0.717) is 15.7 Å². The molecule has 2 amide bonds. The molecule has 6 heteroatoms. The minimum absolute atomic E-state index is 0.0575. The van der Waals surface area contributed by atoms with Gasteiger partial charge >= 0.3 is 6.03 Å². The molecule has 2 aliphatic heterocycles. The smallest absolute Gasteiger partial charge is 0.322 e. The van der Waals surface area contributed by atoms with Crippen molar-refractivity contribution in [2.75, 3.05) is 5.32 Å². The third-order valence-electron chi connectivity index (χ3n) is 4.85. The maximum Gasteiger partial charge on any atom is 0.322 e. The Labute approximate surface area is 150 Å². The van der Waals surface area contributed by atoms with Crippen molar-refractivity contribution in [3.8, 4) is 5.75 Å². The van der Waals surface area contributed by atoms with Crippen molar-refractivity contribution in [2.24, 2.45) is 0 Å². The molecule has 24 heavy (non-hydrogen) atoms. The maximum atomic E-state index is 12.8. The number of nitrogens with one attached hydrogen (secondary N) is 1. The zero-order chi connectivity index (χ0) is 16.8. The number of rotatable bonds is 1. The fourth-order valence-electron chi connectivity index (χ4n) is 3.81. The van der Waals surface area contributed by atoms with Gasteiger partial charge in [0.15, 0.2) is 0 Å². The van der Waals surface area contributed by atoms with E-state index in [0.717, 1.165) is 30.4 Å². The SMILES string of the molecule is O=C(Nc1ccc(Cl)c(Cl)c1)N1[C@H]2CC[C@@H]1c1ccc(O)cc1C2. The Morgan fingerprint density at radius 2 is 1.96 bits per heavy atom. The van der Waals surface area contributed by atoms with Gasteiger partial charge in [-0.15, -0.1) is 0 Å². The molecule has 0 unspecified atom stereocenters. The predicted molar refractivity (Wildman–Crippen MR) is 94.9 cm³/mol. The number of carbonyl (C=O) groups excluding carboxylic acids is 1. The van der Waals surface area contributed by atoms with Crippen LogP contribution in [-0.4, -0.2) is 22.1 Å². The second-order valence-electron chi connectivity index (χ2n) is 6.30. The van der Waals surface area contributed by atoms with Crippen LogP contribution < -0.4 is 5.32 Å². The number of amides is 2. The first-order valence-electron chi connectivity index (χ1n) is 7.89. The summed E-state index contributed by atoms with van der Waals surface area (Å²) in [6, 6.07) is 10.6. The molecule has 0 aliphatic carbocycles. The van der Waals surface area contributed by atoms with Crippen molar-refractivity contribution in [1.82, 2.24) is 4.90 Å². The minimum atomic E-state index is -0.125. The number of nitrogens with zero attached hydrogens (tertiary/aromatic N) is 1. The third-order valence-corrected chi connectivity index (χ3v) is 5.59. The molecule has 2 aromatic rings. The van der Waals surface area contributed by atoms with Gasteiger partial charge in [0.05, 0.1) is 16.1 Å². The van der Waals surface area contributed by atoms with Gasteiger partial charge in [-0.3, -0.25) is 0 Å². The van der Waals surface area contributed by atoms with Crippen molar-refractivity contribution in [3.63, 3.8) is 0 Å². The van der Waals surface area contributed by atoms with Gasteiger partial charge in [-0.1, -0.05) is 29.3 Å². The zero-order valence-electron chi connectivity index (χ0n) is 12.8. The van der Waals surface area contributed by atoms with Crippen LogP contribution in [-0.2, 0) is 6.42 Å². The van der Waals surface area contributed by atoms with E-state index in [9.17, 15) is 9.90 Å². The molecule has 2 N–H and O–H groups in total. The number of hydrogen-bond acceptors (Lipinski definition) is 2. The number of benzene rings is 2. The van der Waals surface area contributed by atoms with Crippen molar-refractivity contribution in [2.45, 2.75) is 31.3 Å². The quantitative estimate of drug-likeness (QED) is 0.750. The largest absolute Gasteiger partial charge is 0.508 e. The molecule has 0 aromatic heterocycles. The number of phenolic OH excluding ortho intramolecular Hbond substituents is 1. The summed E-state index contributed by atoms with van der Waals surface area (Å²) in [5, 5.41) is 13.5. The highest BCUT2D eigenvalue weighted by atomic mass is 35.5. The molecule has 4 nitrogen and oxygen atoms in total. The molecule has 2 aliphatic rings. The van der Waals surface area contributed by atoms with Crippen LogP contribution >= 0.6 is 23.2 Å². The summed E-state index contributed by atoms with van der Waals surface area (Å²) in [7, 11) is 0. The van der Waals surface area contributed by atoms with Gasteiger partial charge in [0, 0.05) is 11.7 Å². The fourth-order valence-corrected chi connectivity index (χ4v) is 4.10. The number of fused-ring (bicyclic) bond motifs is 4. The minimum Gasteiger partial charge on any atom is -0.508 e. The number of anilines is 1. The summed E-state index contributed by atoms with van der Waals surface area (Å²) in [6.07, 6.45) is 2.68. The van der Waals surface area contributed by atoms with Crippen LogP contribution in [0.2, 0.25) is 10.0 Å². The lowest BCUT2D eigenvalue weighted by atomic mass is 9.93. The predicted octanol–water partition coefficient (Wildman–Crippen LogP) is 4.99. The monoisotopic (exact) mass is 362 g/mol. The van der Waals surface area contributed by atoms with Crippen LogP contribution in [0, 0.1) is 0 Å². The lowest BCUT2D eigenvalue weighted by molar-refractivity contribution is 0.179. The molecule has 0 radical (unpaired) electrons. The first kappa shape index (κ1) is 15.6. The Balaban J connectivity index is 1.59. The van der Waals surface area contributed by atoms with Crippen molar-refractivity contribution >= 4 is 34.9 Å². The fraction of sp³-hybridized carbons (Fsp3) is 0.278. The average molecular weight is 363 g/mol. The van der Waals surface area contributed by atoms with Gasteiger partial charge < -0.3 is 15.3 Å². The van der Waals surface area contributed by atoms with Gasteiger partial charge in [-0.2, -0.15) is 0 Å². The number of halogens is 2. The van der Waals surface area contributed by atoms with Crippen LogP contribution in [0.4, 0.5) is 10.5 Å². The highest BCUT2D eigenvalue weighted by Gasteiger charge is 2.42. The molecular weight excluding hydrogens is 347 g/mol. The highest BCUT2D eigenvalue weighted by Crippen LogP contribution is 2.44. The van der Waals surface area contributed by atoms with E-state index in [1.165, 1.54) is 0 Å². The van der Waals surface area contributed by atoms with E-state index < -0.39 is 0 Å². The van der Waals surface area contributed by atoms with Gasteiger partial charge in [0.25, 0.3) is 0 Å². The Kier molecular flexibility index (Phi) is 3.82. The van der Waals surface area contributed by atoms with E-state index in [1.807, 2.05) is 17.0 Å². The van der Waals surface area contributed by atoms with Crippen LogP contribution in [0.25, 0.3) is 0 Å². The number of hydrogen-bond donors (Lipinski definition) is 2. The van der Waals surface area contributed by atoms with E-state index in [-0.39, 0.29) is 23.9 Å². The summed E-state index contributed by atoms with van der Waals surface area (Å²) >= 11 is 11.9. The summed E-state index contributed by atoms with van der Waals surface area (Å²) in [4.78, 5) is 14.7. The lowest BCUT2D eigenvalue weighted by Gasteiger charge is -2.36. The number of carbonyl (C=O) groups is 1. The molecule has 0 spiro atoms. The second-order valence-corrected chi connectivity index (χ2v) is 7.11. The van der Waals surface area contributed by atoms with E-state index in [4.69, 9.17) is 23.2 Å². The van der Waals surface area contributed by atoms with Gasteiger partial charge in [-0.25, -0.2) is 4.79 Å². The molecular formula is C18H16Cl2N2O2. The second kappa shape index (κ2) is 5.87. The molecule has 0 saturated carbocycles. The summed E-state index contributed by atoms with van der Waals surface area (Å²) in [5.41, 5.74) is 2.90.